The number of nitrogens with zero attached hydrogens (tertiary/aromatic N) is 1. The second-order valence-corrected chi connectivity index (χ2v) is 6.84. The summed E-state index contributed by atoms with van der Waals surface area (Å²) in [6, 6.07) is 5.98. The van der Waals surface area contributed by atoms with Gasteiger partial charge in [0.05, 0.1) is 24.8 Å². The van der Waals surface area contributed by atoms with Crippen molar-refractivity contribution in [2.75, 3.05) is 32.1 Å². The lowest BCUT2D eigenvalue weighted by molar-refractivity contribution is -0.139. The van der Waals surface area contributed by atoms with Crippen molar-refractivity contribution in [1.82, 2.24) is 15.5 Å². The third-order valence-corrected chi connectivity index (χ3v) is 4.37. The van der Waals surface area contributed by atoms with Gasteiger partial charge in [0.2, 0.25) is 5.91 Å². The number of amides is 3. The summed E-state index contributed by atoms with van der Waals surface area (Å²) in [5.74, 6) is -0.703. The first-order valence-electron chi connectivity index (χ1n) is 9.05. The number of anilines is 1. The number of ether oxygens (including phenoxy) is 1. The van der Waals surface area contributed by atoms with Crippen molar-refractivity contribution in [1.29, 1.82) is 0 Å². The topological polar surface area (TPSA) is 99.8 Å². The van der Waals surface area contributed by atoms with Crippen LogP contribution < -0.4 is 16.0 Å². The van der Waals surface area contributed by atoms with Gasteiger partial charge in [-0.25, -0.2) is 9.59 Å². The summed E-state index contributed by atoms with van der Waals surface area (Å²) in [4.78, 5) is 38.3. The van der Waals surface area contributed by atoms with Gasteiger partial charge in [-0.05, 0) is 44.7 Å². The van der Waals surface area contributed by atoms with Crippen LogP contribution in [0.4, 0.5) is 10.5 Å². The Bertz CT molecular complexity index is 764. The molecule has 0 spiro atoms. The Morgan fingerprint density at radius 2 is 1.93 bits per heavy atom. The lowest BCUT2D eigenvalue weighted by Crippen LogP contribution is -2.52. The molecule has 1 aliphatic heterocycles. The molecule has 1 aromatic carbocycles. The number of urea groups is 1. The van der Waals surface area contributed by atoms with Crippen molar-refractivity contribution < 1.29 is 19.1 Å². The van der Waals surface area contributed by atoms with E-state index in [1.54, 1.807) is 43.1 Å². The molecule has 28 heavy (non-hydrogen) atoms. The lowest BCUT2D eigenvalue weighted by atomic mass is 10.00. The molecule has 0 aliphatic carbocycles. The van der Waals surface area contributed by atoms with Crippen LogP contribution in [0.25, 0.3) is 0 Å². The number of carbonyl (C=O) groups excluding carboxylic acids is 3. The predicted octanol–water partition coefficient (Wildman–Crippen LogP) is 2.12. The highest BCUT2D eigenvalue weighted by atomic mass is 35.5. The van der Waals surface area contributed by atoms with E-state index >= 15 is 0 Å². The standard InChI is InChI=1S/C19H25ClN4O4/c1-4-14-17(18(26)28-5-2)15(23-19(27)22-14)10-24(3)11-16(25)21-13-8-6-12(20)7-9-13/h6-9,14H,4-5,10-11H2,1-3H3,(H,21,25)(H2,22,23,27)/t14-/m0/s1. The van der Waals surface area contributed by atoms with Crippen molar-refractivity contribution in [3.05, 3.63) is 40.6 Å². The molecular weight excluding hydrogens is 384 g/mol. The molecular formula is C19H25ClN4O4. The van der Waals surface area contributed by atoms with Crippen LogP contribution in [0, 0.1) is 0 Å². The minimum atomic E-state index is -0.476. The number of carbonyl (C=O) groups is 3. The zero-order valence-electron chi connectivity index (χ0n) is 16.2. The Kier molecular flexibility index (Phi) is 7.83. The van der Waals surface area contributed by atoms with E-state index in [1.807, 2.05) is 6.92 Å². The summed E-state index contributed by atoms with van der Waals surface area (Å²) in [6.45, 7) is 4.12. The Balaban J connectivity index is 2.08. The minimum Gasteiger partial charge on any atom is -0.463 e. The lowest BCUT2D eigenvalue weighted by Gasteiger charge is -2.30. The van der Waals surface area contributed by atoms with Gasteiger partial charge in [-0.15, -0.1) is 0 Å². The molecule has 3 N–H and O–H groups in total. The molecule has 1 atom stereocenters. The number of esters is 1. The molecule has 1 heterocycles. The highest BCUT2D eigenvalue weighted by molar-refractivity contribution is 6.30. The van der Waals surface area contributed by atoms with E-state index in [-0.39, 0.29) is 31.6 Å². The molecule has 8 nitrogen and oxygen atoms in total. The van der Waals surface area contributed by atoms with Gasteiger partial charge in [-0.3, -0.25) is 9.69 Å². The van der Waals surface area contributed by atoms with Crippen molar-refractivity contribution in [2.24, 2.45) is 0 Å². The highest BCUT2D eigenvalue weighted by Gasteiger charge is 2.31. The first-order valence-corrected chi connectivity index (χ1v) is 9.43. The SMILES string of the molecule is CCOC(=O)C1=C(CN(C)CC(=O)Nc2ccc(Cl)cc2)NC(=O)N[C@H]1CC. The summed E-state index contributed by atoms with van der Waals surface area (Å²) in [5, 5.41) is 8.75. The first-order chi connectivity index (χ1) is 13.3. The largest absolute Gasteiger partial charge is 0.463 e. The Hall–Kier alpha value is -2.58. The van der Waals surface area contributed by atoms with Crippen LogP contribution in [0.2, 0.25) is 5.02 Å². The van der Waals surface area contributed by atoms with E-state index in [4.69, 9.17) is 16.3 Å². The summed E-state index contributed by atoms with van der Waals surface area (Å²) in [5.41, 5.74) is 1.46. The maximum absolute atomic E-state index is 12.4. The molecule has 2 rings (SSSR count). The maximum atomic E-state index is 12.4. The van der Waals surface area contributed by atoms with Crippen molar-refractivity contribution >= 4 is 35.2 Å². The van der Waals surface area contributed by atoms with E-state index in [9.17, 15) is 14.4 Å². The van der Waals surface area contributed by atoms with Crippen molar-refractivity contribution in [3.63, 3.8) is 0 Å². The Labute approximate surface area is 169 Å². The number of hydrogen-bond donors (Lipinski definition) is 3. The van der Waals surface area contributed by atoms with Gasteiger partial charge in [0.15, 0.2) is 0 Å². The molecule has 0 saturated heterocycles. The molecule has 0 aromatic heterocycles. The maximum Gasteiger partial charge on any atom is 0.337 e. The summed E-state index contributed by atoms with van der Waals surface area (Å²) in [6.07, 6.45) is 0.547. The normalized spacial score (nSPS) is 16.5. The number of halogens is 1. The monoisotopic (exact) mass is 408 g/mol. The highest BCUT2D eigenvalue weighted by Crippen LogP contribution is 2.18. The predicted molar refractivity (Wildman–Crippen MR) is 107 cm³/mol. The molecule has 0 fully saturated rings. The third kappa shape index (κ3) is 5.97. The van der Waals surface area contributed by atoms with Crippen LogP contribution in [0.15, 0.2) is 35.5 Å². The molecule has 0 bridgehead atoms. The average molecular weight is 409 g/mol. The van der Waals surface area contributed by atoms with E-state index in [1.165, 1.54) is 0 Å². The van der Waals surface area contributed by atoms with E-state index in [2.05, 4.69) is 16.0 Å². The van der Waals surface area contributed by atoms with Gasteiger partial charge in [0.25, 0.3) is 0 Å². The molecule has 9 heteroatoms. The fourth-order valence-electron chi connectivity index (χ4n) is 2.89. The summed E-state index contributed by atoms with van der Waals surface area (Å²) >= 11 is 5.83. The quantitative estimate of drug-likeness (QED) is 0.572. The number of hydrogen-bond acceptors (Lipinski definition) is 5. The van der Waals surface area contributed by atoms with E-state index in [0.29, 0.717) is 28.4 Å². The van der Waals surface area contributed by atoms with Gasteiger partial charge >= 0.3 is 12.0 Å². The van der Waals surface area contributed by atoms with Crippen molar-refractivity contribution in [2.45, 2.75) is 26.3 Å². The van der Waals surface area contributed by atoms with Crippen molar-refractivity contribution in [3.8, 4) is 0 Å². The first kappa shape index (κ1) is 21.7. The summed E-state index contributed by atoms with van der Waals surface area (Å²) in [7, 11) is 1.73. The molecule has 152 valence electrons. The number of nitrogens with one attached hydrogen (secondary N) is 3. The Morgan fingerprint density at radius 3 is 2.54 bits per heavy atom. The summed E-state index contributed by atoms with van der Waals surface area (Å²) < 4.78 is 5.13. The van der Waals surface area contributed by atoms with Crippen LogP contribution >= 0.6 is 11.6 Å². The fraction of sp³-hybridized carbons (Fsp3) is 0.421. The Morgan fingerprint density at radius 1 is 1.25 bits per heavy atom. The van der Waals surface area contributed by atoms with Gasteiger partial charge < -0.3 is 20.7 Å². The number of likely N-dealkylation sites (N-methyl/N-ethyl adjacent to an activating group) is 1. The van der Waals surface area contributed by atoms with Crippen LogP contribution in [0.3, 0.4) is 0 Å². The molecule has 1 aliphatic rings. The smallest absolute Gasteiger partial charge is 0.337 e. The zero-order chi connectivity index (χ0) is 20.7. The van der Waals surface area contributed by atoms with Crippen LogP contribution in [0.5, 0.6) is 0 Å². The number of rotatable bonds is 8. The fourth-order valence-corrected chi connectivity index (χ4v) is 3.02. The molecule has 0 saturated carbocycles. The molecule has 1 aromatic rings. The van der Waals surface area contributed by atoms with E-state index < -0.39 is 12.0 Å². The second-order valence-electron chi connectivity index (χ2n) is 6.40. The molecule has 0 radical (unpaired) electrons. The van der Waals surface area contributed by atoms with Gasteiger partial charge in [-0.2, -0.15) is 0 Å². The zero-order valence-corrected chi connectivity index (χ0v) is 16.9. The van der Waals surface area contributed by atoms with Crippen LogP contribution in [-0.2, 0) is 14.3 Å². The third-order valence-electron chi connectivity index (χ3n) is 4.12. The van der Waals surface area contributed by atoms with Gasteiger partial charge in [0, 0.05) is 23.0 Å². The molecule has 0 unspecified atom stereocenters. The number of benzene rings is 1. The van der Waals surface area contributed by atoms with Gasteiger partial charge in [-0.1, -0.05) is 18.5 Å². The minimum absolute atomic E-state index is 0.0717. The van der Waals surface area contributed by atoms with Crippen LogP contribution in [-0.4, -0.2) is 55.6 Å². The van der Waals surface area contributed by atoms with E-state index in [0.717, 1.165) is 0 Å². The van der Waals surface area contributed by atoms with Gasteiger partial charge in [0.1, 0.15) is 0 Å². The molecule has 3 amide bonds. The second kappa shape index (κ2) is 10.1. The van der Waals surface area contributed by atoms with Crippen LogP contribution in [0.1, 0.15) is 20.3 Å². The average Bonchev–Trinajstić information content (AvgIpc) is 2.62.